The summed E-state index contributed by atoms with van der Waals surface area (Å²) in [5.41, 5.74) is 4.90. The van der Waals surface area contributed by atoms with Crippen LogP contribution in [0, 0.1) is 0 Å². The van der Waals surface area contributed by atoms with Crippen LogP contribution in [0.3, 0.4) is 0 Å². The topological polar surface area (TPSA) is 133 Å². The molecule has 108 valence electrons. The largest absolute Gasteiger partial charge is 0.480 e. The molecule has 0 rings (SSSR count). The lowest BCUT2D eigenvalue weighted by molar-refractivity contribution is -0.137. The van der Waals surface area contributed by atoms with Crippen molar-refractivity contribution in [1.29, 1.82) is 0 Å². The fourth-order valence-corrected chi connectivity index (χ4v) is 1.13. The molecule has 4 N–H and O–H groups in total. The minimum atomic E-state index is -1.28. The first-order chi connectivity index (χ1) is 8.77. The second-order valence-corrected chi connectivity index (χ2v) is 3.78. The average molecular weight is 274 g/mol. The smallest absolute Gasteiger partial charge is 0.323 e. The maximum atomic E-state index is 11.6. The molecule has 9 heteroatoms. The number of nitrogens with zero attached hydrogens (tertiary/aromatic N) is 2. The van der Waals surface area contributed by atoms with E-state index in [1.165, 1.54) is 4.90 Å². The number of urea groups is 1. The molecule has 4 amide bonds. The first kappa shape index (κ1) is 16.7. The molecule has 0 radical (unpaired) electrons. The normalized spacial score (nSPS) is 9.58. The monoisotopic (exact) mass is 274 g/mol. The number of nitrogens with one attached hydrogen (secondary N) is 1. The van der Waals surface area contributed by atoms with Gasteiger partial charge >= 0.3 is 12.0 Å². The Morgan fingerprint density at radius 1 is 1.21 bits per heavy atom. The molecule has 0 aromatic heterocycles. The molecule has 0 aliphatic carbocycles. The lowest BCUT2D eigenvalue weighted by atomic mass is 10.4. The number of carboxylic acid groups (broad SMARTS) is 1. The second kappa shape index (κ2) is 7.90. The quantitative estimate of drug-likeness (QED) is 0.496. The van der Waals surface area contributed by atoms with Gasteiger partial charge in [0.2, 0.25) is 11.8 Å². The predicted molar refractivity (Wildman–Crippen MR) is 65.1 cm³/mol. The molecule has 0 spiro atoms. The van der Waals surface area contributed by atoms with Crippen molar-refractivity contribution in [2.24, 2.45) is 5.73 Å². The van der Waals surface area contributed by atoms with Crippen LogP contribution in [0.4, 0.5) is 4.79 Å². The van der Waals surface area contributed by atoms with Crippen molar-refractivity contribution >= 4 is 23.8 Å². The zero-order chi connectivity index (χ0) is 15.0. The molecule has 0 aliphatic heterocycles. The van der Waals surface area contributed by atoms with Crippen LogP contribution in [0.2, 0.25) is 0 Å². The first-order valence-electron chi connectivity index (χ1n) is 5.54. The molecule has 0 atom stereocenters. The highest BCUT2D eigenvalue weighted by Crippen LogP contribution is 1.90. The average Bonchev–Trinajstić information content (AvgIpc) is 2.32. The number of carboxylic acids is 1. The summed E-state index contributed by atoms with van der Waals surface area (Å²) in [6, 6.07) is -0.834. The van der Waals surface area contributed by atoms with Gasteiger partial charge in [-0.25, -0.2) is 4.79 Å². The molecule has 0 aromatic rings. The highest BCUT2D eigenvalue weighted by Gasteiger charge is 2.19. The minimum Gasteiger partial charge on any atom is -0.480 e. The zero-order valence-electron chi connectivity index (χ0n) is 10.9. The van der Waals surface area contributed by atoms with Crippen LogP contribution in [0.25, 0.3) is 0 Å². The molecular weight excluding hydrogens is 256 g/mol. The van der Waals surface area contributed by atoms with E-state index in [1.54, 1.807) is 14.0 Å². The van der Waals surface area contributed by atoms with Gasteiger partial charge in [-0.1, -0.05) is 0 Å². The van der Waals surface area contributed by atoms with E-state index in [4.69, 9.17) is 10.8 Å². The number of hydrogen-bond acceptors (Lipinski definition) is 4. The fraction of sp³-hybridized carbons (Fsp3) is 0.600. The van der Waals surface area contributed by atoms with Gasteiger partial charge in [0.15, 0.2) is 0 Å². The van der Waals surface area contributed by atoms with Crippen LogP contribution in [0.1, 0.15) is 6.92 Å². The summed E-state index contributed by atoms with van der Waals surface area (Å²) in [7, 11) is 1.56. The van der Waals surface area contributed by atoms with Crippen LogP contribution >= 0.6 is 0 Å². The van der Waals surface area contributed by atoms with E-state index in [1.807, 2.05) is 0 Å². The van der Waals surface area contributed by atoms with Crippen molar-refractivity contribution in [2.45, 2.75) is 6.92 Å². The van der Waals surface area contributed by atoms with Gasteiger partial charge in [0.25, 0.3) is 0 Å². The number of aliphatic carboxylic acids is 1. The Labute approximate surface area is 110 Å². The summed E-state index contributed by atoms with van der Waals surface area (Å²) < 4.78 is 0. The number of amides is 4. The summed E-state index contributed by atoms with van der Waals surface area (Å²) in [5.74, 6) is -2.45. The molecule has 0 bridgehead atoms. The molecule has 0 saturated carbocycles. The number of primary amides is 1. The number of nitrogens with two attached hydrogens (primary N) is 1. The van der Waals surface area contributed by atoms with E-state index >= 15 is 0 Å². The molecule has 19 heavy (non-hydrogen) atoms. The third kappa shape index (κ3) is 6.86. The van der Waals surface area contributed by atoms with E-state index in [-0.39, 0.29) is 12.5 Å². The SMILES string of the molecule is CCN(C)C(=O)CNC(=O)N(CC(N)=O)CC(=O)O. The van der Waals surface area contributed by atoms with E-state index in [0.29, 0.717) is 11.4 Å². The first-order valence-corrected chi connectivity index (χ1v) is 5.54. The Balaban J connectivity index is 4.43. The number of likely N-dealkylation sites (N-methyl/N-ethyl adjacent to an activating group) is 1. The van der Waals surface area contributed by atoms with Crippen molar-refractivity contribution in [3.8, 4) is 0 Å². The summed E-state index contributed by atoms with van der Waals surface area (Å²) in [6.45, 7) is 0.763. The standard InChI is InChI=1S/C10H18N4O5/c1-3-13(2)8(16)4-12-10(19)14(5-7(11)15)6-9(17)18/h3-6H2,1-2H3,(H2,11,15)(H,12,19)(H,17,18). The summed E-state index contributed by atoms with van der Waals surface area (Å²) >= 11 is 0. The van der Waals surface area contributed by atoms with Gasteiger partial charge in [0.05, 0.1) is 6.54 Å². The molecular formula is C10H18N4O5. The Morgan fingerprint density at radius 2 is 1.79 bits per heavy atom. The minimum absolute atomic E-state index is 0.280. The van der Waals surface area contributed by atoms with Crippen LogP contribution in [-0.2, 0) is 14.4 Å². The van der Waals surface area contributed by atoms with Crippen molar-refractivity contribution in [3.05, 3.63) is 0 Å². The number of hydrogen-bond donors (Lipinski definition) is 3. The third-order valence-electron chi connectivity index (χ3n) is 2.25. The Bertz CT molecular complexity index is 355. The van der Waals surface area contributed by atoms with Gasteiger partial charge in [-0.3, -0.25) is 14.4 Å². The molecule has 0 unspecified atom stereocenters. The van der Waals surface area contributed by atoms with E-state index < -0.39 is 31.0 Å². The van der Waals surface area contributed by atoms with Gasteiger partial charge < -0.3 is 26.0 Å². The van der Waals surface area contributed by atoms with Crippen LogP contribution in [-0.4, -0.2) is 71.9 Å². The van der Waals surface area contributed by atoms with Crippen molar-refractivity contribution in [2.75, 3.05) is 33.2 Å². The number of carbonyl (C=O) groups excluding carboxylic acids is 3. The van der Waals surface area contributed by atoms with Gasteiger partial charge in [0, 0.05) is 13.6 Å². The molecule has 0 aliphatic rings. The van der Waals surface area contributed by atoms with Crippen molar-refractivity contribution < 1.29 is 24.3 Å². The number of carbonyl (C=O) groups is 4. The van der Waals surface area contributed by atoms with Crippen LogP contribution in [0.5, 0.6) is 0 Å². The van der Waals surface area contributed by atoms with Crippen molar-refractivity contribution in [3.63, 3.8) is 0 Å². The van der Waals surface area contributed by atoms with Gasteiger partial charge in [-0.15, -0.1) is 0 Å². The van der Waals surface area contributed by atoms with Gasteiger partial charge in [-0.05, 0) is 6.92 Å². The Morgan fingerprint density at radius 3 is 2.21 bits per heavy atom. The Kier molecular flexibility index (Phi) is 6.94. The Hall–Kier alpha value is -2.32. The second-order valence-electron chi connectivity index (χ2n) is 3.78. The van der Waals surface area contributed by atoms with E-state index in [0.717, 1.165) is 0 Å². The highest BCUT2D eigenvalue weighted by molar-refractivity contribution is 5.88. The lowest BCUT2D eigenvalue weighted by Crippen LogP contribution is -2.49. The zero-order valence-corrected chi connectivity index (χ0v) is 10.9. The van der Waals surface area contributed by atoms with E-state index in [9.17, 15) is 19.2 Å². The molecule has 0 saturated heterocycles. The van der Waals surface area contributed by atoms with Crippen LogP contribution < -0.4 is 11.1 Å². The number of rotatable bonds is 7. The summed E-state index contributed by atoms with van der Waals surface area (Å²) in [6.07, 6.45) is 0. The third-order valence-corrected chi connectivity index (χ3v) is 2.25. The van der Waals surface area contributed by atoms with Gasteiger partial charge in [0.1, 0.15) is 13.1 Å². The summed E-state index contributed by atoms with van der Waals surface area (Å²) in [5, 5.41) is 10.8. The highest BCUT2D eigenvalue weighted by atomic mass is 16.4. The molecule has 0 fully saturated rings. The van der Waals surface area contributed by atoms with Crippen molar-refractivity contribution in [1.82, 2.24) is 15.1 Å². The molecule has 0 aromatic carbocycles. The maximum absolute atomic E-state index is 11.6. The predicted octanol–water partition coefficient (Wildman–Crippen LogP) is -1.95. The fourth-order valence-electron chi connectivity index (χ4n) is 1.13. The molecule has 0 heterocycles. The summed E-state index contributed by atoms with van der Waals surface area (Å²) in [4.78, 5) is 46.4. The molecule has 9 nitrogen and oxygen atoms in total. The maximum Gasteiger partial charge on any atom is 0.323 e. The van der Waals surface area contributed by atoms with Crippen LogP contribution in [0.15, 0.2) is 0 Å². The lowest BCUT2D eigenvalue weighted by Gasteiger charge is -2.20. The van der Waals surface area contributed by atoms with E-state index in [2.05, 4.69) is 5.32 Å². The van der Waals surface area contributed by atoms with Gasteiger partial charge in [-0.2, -0.15) is 0 Å².